The fraction of sp³-hybridized carbons (Fsp3) is 0.227. The predicted octanol–water partition coefficient (Wildman–Crippen LogP) is 7.27. The Hall–Kier alpha value is -6.00. The van der Waals surface area contributed by atoms with Gasteiger partial charge in [0.25, 0.3) is 11.8 Å². The maximum atomic E-state index is 15.4. The number of nitrogens with one attached hydrogen (secondary N) is 1. The van der Waals surface area contributed by atoms with Crippen molar-refractivity contribution in [3.05, 3.63) is 148 Å². The molecule has 1 saturated carbocycles. The van der Waals surface area contributed by atoms with Gasteiger partial charge in [0.2, 0.25) is 11.8 Å². The topological polar surface area (TPSA) is 127 Å². The molecule has 55 heavy (non-hydrogen) atoms. The summed E-state index contributed by atoms with van der Waals surface area (Å²) >= 11 is 6.39. The van der Waals surface area contributed by atoms with E-state index in [1.165, 1.54) is 29.2 Å². The minimum atomic E-state index is -1.62. The van der Waals surface area contributed by atoms with E-state index in [9.17, 15) is 29.0 Å². The quantitative estimate of drug-likeness (QED) is 0.118. The minimum Gasteiger partial charge on any atom is -0.508 e. The van der Waals surface area contributed by atoms with E-state index in [1.54, 1.807) is 60.7 Å². The van der Waals surface area contributed by atoms with E-state index < -0.39 is 52.6 Å². The molecule has 4 amide bonds. The number of nitrogens with zero attached hydrogens (tertiary/aromatic N) is 2. The number of fused-ring (bicyclic) bond motifs is 5. The van der Waals surface area contributed by atoms with Gasteiger partial charge >= 0.3 is 0 Å². The van der Waals surface area contributed by atoms with Crippen LogP contribution >= 0.6 is 11.6 Å². The van der Waals surface area contributed by atoms with Crippen LogP contribution in [0.25, 0.3) is 10.8 Å². The maximum Gasteiger partial charge on any atom is 0.260 e. The molecule has 276 valence electrons. The number of benzene rings is 5. The molecule has 2 aliphatic heterocycles. The summed E-state index contributed by atoms with van der Waals surface area (Å²) in [6.07, 6.45) is 2.66. The smallest absolute Gasteiger partial charge is 0.260 e. The molecule has 6 atom stereocenters. The number of carbonyl (C=O) groups excluding carboxylic acids is 4. The highest BCUT2D eigenvalue weighted by Crippen LogP contribution is 2.65. The van der Waals surface area contributed by atoms with Crippen LogP contribution in [0.5, 0.6) is 11.5 Å². The predicted molar refractivity (Wildman–Crippen MR) is 203 cm³/mol. The fourth-order valence-corrected chi connectivity index (χ4v) is 9.82. The molecule has 3 N–H and O–H groups in total. The van der Waals surface area contributed by atoms with Crippen molar-refractivity contribution < 1.29 is 33.8 Å². The van der Waals surface area contributed by atoms with Crippen molar-refractivity contribution >= 4 is 51.7 Å². The number of aromatic hydroxyl groups is 2. The SMILES string of the molecule is O=C1[C@H]2[C@H](CC=C3[C@H]2C[C@H]2C(=O)N(Nc4ccc(F)cc4)C(=O)[C@@]2(c2ccc(Cl)cc2)[C@H]3c2ccc3ccccc3c2O)C(=O)N1CCc1ccc(O)cc1. The zero-order valence-corrected chi connectivity index (χ0v) is 30.1. The number of imide groups is 2. The molecule has 5 aromatic rings. The molecule has 9 nitrogen and oxygen atoms in total. The number of phenols is 2. The van der Waals surface area contributed by atoms with Crippen LogP contribution in [0.2, 0.25) is 5.02 Å². The molecule has 11 heteroatoms. The van der Waals surface area contributed by atoms with E-state index in [4.69, 9.17) is 11.6 Å². The summed E-state index contributed by atoms with van der Waals surface area (Å²) in [5, 5.41) is 24.6. The number of halogens is 2. The molecule has 0 spiro atoms. The summed E-state index contributed by atoms with van der Waals surface area (Å²) in [5.74, 6) is -6.18. The third kappa shape index (κ3) is 5.33. The number of hydrogen-bond donors (Lipinski definition) is 3. The summed E-state index contributed by atoms with van der Waals surface area (Å²) in [6, 6.07) is 29.7. The second-order valence-electron chi connectivity index (χ2n) is 14.8. The van der Waals surface area contributed by atoms with Gasteiger partial charge in [-0.1, -0.05) is 83.9 Å². The maximum absolute atomic E-state index is 15.4. The van der Waals surface area contributed by atoms with Gasteiger partial charge in [0.05, 0.1) is 28.9 Å². The van der Waals surface area contributed by atoms with Gasteiger partial charge in [-0.2, -0.15) is 5.01 Å². The Labute approximate surface area is 320 Å². The van der Waals surface area contributed by atoms with Gasteiger partial charge in [0.15, 0.2) is 0 Å². The first-order valence-corrected chi connectivity index (χ1v) is 18.7. The molecule has 3 fully saturated rings. The number of hydrogen-bond acceptors (Lipinski definition) is 7. The van der Waals surface area contributed by atoms with Crippen molar-refractivity contribution in [1.82, 2.24) is 9.91 Å². The molecule has 4 aliphatic rings. The average Bonchev–Trinajstić information content (AvgIpc) is 3.56. The van der Waals surface area contributed by atoms with E-state index in [0.29, 0.717) is 39.2 Å². The third-order valence-electron chi connectivity index (χ3n) is 12.2. The summed E-state index contributed by atoms with van der Waals surface area (Å²) in [4.78, 5) is 60.1. The molecule has 0 bridgehead atoms. The van der Waals surface area contributed by atoms with Crippen LogP contribution in [-0.4, -0.2) is 50.3 Å². The van der Waals surface area contributed by atoms with E-state index in [1.807, 2.05) is 30.3 Å². The lowest BCUT2D eigenvalue weighted by Crippen LogP contribution is -2.53. The lowest BCUT2D eigenvalue weighted by Gasteiger charge is -2.50. The minimum absolute atomic E-state index is 0.0478. The van der Waals surface area contributed by atoms with Crippen molar-refractivity contribution in [3.63, 3.8) is 0 Å². The average molecular weight is 756 g/mol. The van der Waals surface area contributed by atoms with E-state index in [-0.39, 0.29) is 42.7 Å². The first kappa shape index (κ1) is 34.7. The van der Waals surface area contributed by atoms with Crippen molar-refractivity contribution in [3.8, 4) is 11.5 Å². The van der Waals surface area contributed by atoms with Crippen LogP contribution < -0.4 is 5.43 Å². The summed E-state index contributed by atoms with van der Waals surface area (Å²) in [7, 11) is 0. The molecular weight excluding hydrogens is 721 g/mol. The highest BCUT2D eigenvalue weighted by atomic mass is 35.5. The van der Waals surface area contributed by atoms with Crippen LogP contribution in [-0.2, 0) is 31.0 Å². The first-order chi connectivity index (χ1) is 26.6. The van der Waals surface area contributed by atoms with Crippen LogP contribution in [0.15, 0.2) is 121 Å². The number of anilines is 1. The lowest BCUT2D eigenvalue weighted by molar-refractivity contribution is -0.141. The number of rotatable bonds is 7. The van der Waals surface area contributed by atoms with Gasteiger partial charge in [-0.3, -0.25) is 29.5 Å². The van der Waals surface area contributed by atoms with Gasteiger partial charge in [-0.05, 0) is 90.2 Å². The first-order valence-electron chi connectivity index (χ1n) is 18.3. The van der Waals surface area contributed by atoms with Crippen LogP contribution in [0.4, 0.5) is 10.1 Å². The van der Waals surface area contributed by atoms with Gasteiger partial charge in [-0.15, -0.1) is 0 Å². The van der Waals surface area contributed by atoms with Crippen LogP contribution in [0.3, 0.4) is 0 Å². The molecular formula is C44H35ClFN3O6. The second kappa shape index (κ2) is 13.1. The van der Waals surface area contributed by atoms with Gasteiger partial charge in [0, 0.05) is 28.4 Å². The molecule has 2 heterocycles. The molecule has 5 aromatic carbocycles. The fourth-order valence-electron chi connectivity index (χ4n) is 9.69. The normalized spacial score (nSPS) is 25.9. The largest absolute Gasteiger partial charge is 0.508 e. The third-order valence-corrected chi connectivity index (χ3v) is 12.4. The number of amides is 4. The highest BCUT2D eigenvalue weighted by molar-refractivity contribution is 6.30. The number of hydrazine groups is 1. The standard InChI is InChI=1S/C44H35ClFN3O6/c45-27-10-8-26(9-11-27)44-36(41(53)49(43(44)55)47-29-14-12-28(46)13-15-29)23-35-32(38(44)34-18-7-25-3-1-2-4-31(25)39(34)51)19-20-33-37(35)42(54)48(40(33)52)22-21-24-5-16-30(50)17-6-24/h1-19,33,35-38,47,50-51H,20-23H2/t33-,35+,36-,37-,38+,44+/m0/s1. The Balaban J connectivity index is 1.21. The van der Waals surface area contributed by atoms with Gasteiger partial charge in [-0.25, -0.2) is 4.39 Å². The number of carbonyl (C=O) groups is 4. The van der Waals surface area contributed by atoms with Crippen LogP contribution in [0, 0.1) is 29.5 Å². The van der Waals surface area contributed by atoms with Crippen molar-refractivity contribution in [2.45, 2.75) is 30.6 Å². The Bertz CT molecular complexity index is 2440. The van der Waals surface area contributed by atoms with Gasteiger partial charge < -0.3 is 10.2 Å². The second-order valence-corrected chi connectivity index (χ2v) is 15.3. The van der Waals surface area contributed by atoms with Crippen molar-refractivity contribution in [2.75, 3.05) is 12.0 Å². The molecule has 0 radical (unpaired) electrons. The zero-order chi connectivity index (χ0) is 38.2. The molecule has 0 aromatic heterocycles. The molecule has 9 rings (SSSR count). The van der Waals surface area contributed by atoms with E-state index in [2.05, 4.69) is 5.43 Å². The number of likely N-dealkylation sites (tertiary alicyclic amines) is 1. The Kier molecular flexibility index (Phi) is 8.27. The summed E-state index contributed by atoms with van der Waals surface area (Å²) in [6.45, 7) is 0.150. The Morgan fingerprint density at radius 1 is 0.800 bits per heavy atom. The lowest BCUT2D eigenvalue weighted by atomic mass is 9.49. The van der Waals surface area contributed by atoms with Gasteiger partial charge in [0.1, 0.15) is 17.3 Å². The molecule has 0 unspecified atom stereocenters. The Morgan fingerprint density at radius 2 is 1.53 bits per heavy atom. The summed E-state index contributed by atoms with van der Waals surface area (Å²) in [5.41, 5.74) is 4.13. The van der Waals surface area contributed by atoms with Crippen LogP contribution in [0.1, 0.15) is 35.4 Å². The molecule has 2 aliphatic carbocycles. The number of allylic oxidation sites excluding steroid dienone is 2. The van der Waals surface area contributed by atoms with Crippen molar-refractivity contribution in [2.24, 2.45) is 23.7 Å². The number of phenolic OH excluding ortho intramolecular Hbond substituents is 2. The molecule has 2 saturated heterocycles. The Morgan fingerprint density at radius 3 is 2.27 bits per heavy atom. The monoisotopic (exact) mass is 755 g/mol. The van der Waals surface area contributed by atoms with E-state index in [0.717, 1.165) is 16.0 Å². The summed E-state index contributed by atoms with van der Waals surface area (Å²) < 4.78 is 13.9. The van der Waals surface area contributed by atoms with Crippen molar-refractivity contribution in [1.29, 1.82) is 0 Å². The van der Waals surface area contributed by atoms with E-state index >= 15 is 4.79 Å². The zero-order valence-electron chi connectivity index (χ0n) is 29.4. The highest BCUT2D eigenvalue weighted by Gasteiger charge is 2.70.